The van der Waals surface area contributed by atoms with Gasteiger partial charge in [-0.3, -0.25) is 9.89 Å². The largest absolute Gasteiger partial charge is 0.381 e. The van der Waals surface area contributed by atoms with Crippen molar-refractivity contribution in [2.75, 3.05) is 19.8 Å². The third-order valence-electron chi connectivity index (χ3n) is 3.14. The molecule has 5 heteroatoms. The molecule has 0 bridgehead atoms. The monoisotopic (exact) mass is 281 g/mol. The summed E-state index contributed by atoms with van der Waals surface area (Å²) in [4.78, 5) is 11.5. The van der Waals surface area contributed by atoms with Gasteiger partial charge in [0.15, 0.2) is 0 Å². The first-order valence-corrected chi connectivity index (χ1v) is 7.70. The van der Waals surface area contributed by atoms with Crippen LogP contribution in [0.25, 0.3) is 0 Å². The number of rotatable bonds is 12. The van der Waals surface area contributed by atoms with Gasteiger partial charge in [-0.1, -0.05) is 39.0 Å². The number of aromatic nitrogens is 2. The summed E-state index contributed by atoms with van der Waals surface area (Å²) in [5, 5.41) is 9.19. The highest BCUT2D eigenvalue weighted by Crippen LogP contribution is 2.04. The molecule has 0 radical (unpaired) electrons. The van der Waals surface area contributed by atoms with Crippen LogP contribution in [-0.4, -0.2) is 35.9 Å². The van der Waals surface area contributed by atoms with Crippen molar-refractivity contribution in [1.29, 1.82) is 0 Å². The predicted octanol–water partition coefficient (Wildman–Crippen LogP) is 2.91. The topological polar surface area (TPSA) is 67.0 Å². The van der Waals surface area contributed by atoms with Gasteiger partial charge < -0.3 is 10.1 Å². The molecule has 0 aliphatic carbocycles. The lowest BCUT2D eigenvalue weighted by molar-refractivity contribution is 0.0935. The van der Waals surface area contributed by atoms with E-state index < -0.39 is 0 Å². The second-order valence-electron chi connectivity index (χ2n) is 4.96. The Morgan fingerprint density at radius 2 is 1.95 bits per heavy atom. The first kappa shape index (κ1) is 16.7. The number of H-pyrrole nitrogens is 1. The van der Waals surface area contributed by atoms with E-state index in [9.17, 15) is 4.79 Å². The normalized spacial score (nSPS) is 10.7. The van der Waals surface area contributed by atoms with Gasteiger partial charge in [-0.15, -0.1) is 0 Å². The molecule has 20 heavy (non-hydrogen) atoms. The molecule has 0 fully saturated rings. The van der Waals surface area contributed by atoms with Crippen LogP contribution in [-0.2, 0) is 4.74 Å². The summed E-state index contributed by atoms with van der Waals surface area (Å²) in [5.74, 6) is -0.113. The van der Waals surface area contributed by atoms with E-state index in [-0.39, 0.29) is 5.91 Å². The Bertz CT molecular complexity index is 339. The van der Waals surface area contributed by atoms with Crippen LogP contribution in [0, 0.1) is 0 Å². The van der Waals surface area contributed by atoms with E-state index in [1.165, 1.54) is 32.1 Å². The van der Waals surface area contributed by atoms with E-state index in [0.29, 0.717) is 18.8 Å². The molecule has 0 aromatic carbocycles. The third-order valence-corrected chi connectivity index (χ3v) is 3.14. The first-order chi connectivity index (χ1) is 9.84. The lowest BCUT2D eigenvalue weighted by atomic mass is 10.1. The fraction of sp³-hybridized carbons (Fsp3) is 0.733. The number of unbranched alkanes of at least 4 members (excludes halogenated alkanes) is 5. The number of hydrogen-bond donors (Lipinski definition) is 2. The molecule has 114 valence electrons. The SMILES string of the molecule is CCCCCCCCOCCCNC(=O)c1ccn[nH]1. The van der Waals surface area contributed by atoms with Gasteiger partial charge in [-0.25, -0.2) is 0 Å². The fourth-order valence-corrected chi connectivity index (χ4v) is 1.94. The zero-order chi connectivity index (χ0) is 14.5. The Hall–Kier alpha value is -1.36. The van der Waals surface area contributed by atoms with E-state index in [4.69, 9.17) is 4.74 Å². The molecule has 0 aliphatic rings. The standard InChI is InChI=1S/C15H27N3O2/c1-2-3-4-5-6-7-12-20-13-8-10-16-15(19)14-9-11-17-18-14/h9,11H,2-8,10,12-13H2,1H3,(H,16,19)(H,17,18). The van der Waals surface area contributed by atoms with Crippen molar-refractivity contribution >= 4 is 5.91 Å². The highest BCUT2D eigenvalue weighted by Gasteiger charge is 2.04. The van der Waals surface area contributed by atoms with Crippen LogP contribution in [0.15, 0.2) is 12.3 Å². The zero-order valence-corrected chi connectivity index (χ0v) is 12.5. The molecule has 0 aliphatic heterocycles. The number of hydrogen-bond acceptors (Lipinski definition) is 3. The van der Waals surface area contributed by atoms with Gasteiger partial charge in [0, 0.05) is 26.0 Å². The molecule has 2 N–H and O–H groups in total. The molecule has 1 aromatic heterocycles. The molecular weight excluding hydrogens is 254 g/mol. The smallest absolute Gasteiger partial charge is 0.269 e. The Balaban J connectivity index is 1.82. The summed E-state index contributed by atoms with van der Waals surface area (Å²) < 4.78 is 5.54. The first-order valence-electron chi connectivity index (χ1n) is 7.70. The van der Waals surface area contributed by atoms with Crippen molar-refractivity contribution in [3.63, 3.8) is 0 Å². The highest BCUT2D eigenvalue weighted by atomic mass is 16.5. The van der Waals surface area contributed by atoms with Crippen molar-refractivity contribution in [2.45, 2.75) is 51.9 Å². The quantitative estimate of drug-likeness (QED) is 0.579. The number of nitrogens with one attached hydrogen (secondary N) is 2. The molecule has 0 unspecified atom stereocenters. The van der Waals surface area contributed by atoms with Crippen LogP contribution in [0.3, 0.4) is 0 Å². The maximum absolute atomic E-state index is 11.5. The maximum Gasteiger partial charge on any atom is 0.269 e. The van der Waals surface area contributed by atoms with Gasteiger partial charge in [0.25, 0.3) is 5.91 Å². The number of aromatic amines is 1. The molecule has 0 atom stereocenters. The molecule has 0 saturated carbocycles. The second-order valence-corrected chi connectivity index (χ2v) is 4.96. The van der Waals surface area contributed by atoms with Crippen LogP contribution < -0.4 is 5.32 Å². The van der Waals surface area contributed by atoms with Gasteiger partial charge in [0.2, 0.25) is 0 Å². The zero-order valence-electron chi connectivity index (χ0n) is 12.5. The summed E-state index contributed by atoms with van der Waals surface area (Å²) in [7, 11) is 0. The third kappa shape index (κ3) is 7.94. The molecule has 5 nitrogen and oxygen atoms in total. The summed E-state index contributed by atoms with van der Waals surface area (Å²) in [6, 6.07) is 1.66. The lowest BCUT2D eigenvalue weighted by Gasteiger charge is -2.05. The van der Waals surface area contributed by atoms with E-state index in [0.717, 1.165) is 19.4 Å². The van der Waals surface area contributed by atoms with Crippen LogP contribution >= 0.6 is 0 Å². The van der Waals surface area contributed by atoms with Crippen LogP contribution in [0.2, 0.25) is 0 Å². The van der Waals surface area contributed by atoms with Crippen molar-refractivity contribution in [3.05, 3.63) is 18.0 Å². The van der Waals surface area contributed by atoms with Gasteiger partial charge in [-0.2, -0.15) is 5.10 Å². The number of nitrogens with zero attached hydrogens (tertiary/aromatic N) is 1. The van der Waals surface area contributed by atoms with E-state index in [1.807, 2.05) is 0 Å². The van der Waals surface area contributed by atoms with Crippen molar-refractivity contribution in [1.82, 2.24) is 15.5 Å². The Morgan fingerprint density at radius 1 is 1.20 bits per heavy atom. The molecular formula is C15H27N3O2. The van der Waals surface area contributed by atoms with Crippen LogP contribution in [0.1, 0.15) is 62.4 Å². The Kier molecular flexibility index (Phi) is 9.57. The van der Waals surface area contributed by atoms with E-state index in [1.54, 1.807) is 12.3 Å². The summed E-state index contributed by atoms with van der Waals surface area (Å²) in [6.07, 6.45) is 10.1. The minimum atomic E-state index is -0.113. The van der Waals surface area contributed by atoms with Gasteiger partial charge >= 0.3 is 0 Å². The number of carbonyl (C=O) groups is 1. The van der Waals surface area contributed by atoms with Gasteiger partial charge in [0.05, 0.1) is 0 Å². The molecule has 1 amide bonds. The minimum absolute atomic E-state index is 0.113. The molecule has 0 spiro atoms. The highest BCUT2D eigenvalue weighted by molar-refractivity contribution is 5.91. The van der Waals surface area contributed by atoms with E-state index >= 15 is 0 Å². The van der Waals surface area contributed by atoms with E-state index in [2.05, 4.69) is 22.4 Å². The number of carbonyl (C=O) groups excluding carboxylic acids is 1. The lowest BCUT2D eigenvalue weighted by Crippen LogP contribution is -2.25. The number of ether oxygens (including phenoxy) is 1. The van der Waals surface area contributed by atoms with Crippen LogP contribution in [0.4, 0.5) is 0 Å². The molecule has 1 heterocycles. The van der Waals surface area contributed by atoms with Gasteiger partial charge in [-0.05, 0) is 18.9 Å². The minimum Gasteiger partial charge on any atom is -0.381 e. The van der Waals surface area contributed by atoms with Crippen molar-refractivity contribution in [2.24, 2.45) is 0 Å². The summed E-state index contributed by atoms with van der Waals surface area (Å²) in [6.45, 7) is 4.40. The molecule has 1 rings (SSSR count). The van der Waals surface area contributed by atoms with Gasteiger partial charge in [0.1, 0.15) is 5.69 Å². The van der Waals surface area contributed by atoms with Crippen molar-refractivity contribution < 1.29 is 9.53 Å². The fourth-order valence-electron chi connectivity index (χ4n) is 1.94. The average Bonchev–Trinajstić information content (AvgIpc) is 2.99. The van der Waals surface area contributed by atoms with Crippen molar-refractivity contribution in [3.8, 4) is 0 Å². The second kappa shape index (κ2) is 11.5. The predicted molar refractivity (Wildman–Crippen MR) is 79.7 cm³/mol. The maximum atomic E-state index is 11.5. The van der Waals surface area contributed by atoms with Crippen LogP contribution in [0.5, 0.6) is 0 Å². The Morgan fingerprint density at radius 3 is 2.70 bits per heavy atom. The summed E-state index contributed by atoms with van der Waals surface area (Å²) >= 11 is 0. The molecule has 0 saturated heterocycles. The average molecular weight is 281 g/mol. The number of amides is 1. The molecule has 1 aromatic rings. The Labute approximate surface area is 121 Å². The summed E-state index contributed by atoms with van der Waals surface area (Å²) in [5.41, 5.74) is 0.498.